The van der Waals surface area contributed by atoms with E-state index in [1.807, 2.05) is 13.0 Å². The molecule has 1 heterocycles. The highest BCUT2D eigenvalue weighted by atomic mass is 16.5. The molecule has 0 aliphatic heterocycles. The Bertz CT molecular complexity index is 350. The minimum Gasteiger partial charge on any atom is -0.478 e. The first-order chi connectivity index (χ1) is 8.61. The molecular formula is C15H26N2O. The van der Waals surface area contributed by atoms with Crippen molar-refractivity contribution in [2.24, 2.45) is 5.92 Å². The summed E-state index contributed by atoms with van der Waals surface area (Å²) in [6, 6.07) is 4.15. The van der Waals surface area contributed by atoms with E-state index in [2.05, 4.69) is 37.1 Å². The third kappa shape index (κ3) is 6.01. The van der Waals surface area contributed by atoms with Crippen LogP contribution >= 0.6 is 0 Å². The Balaban J connectivity index is 2.51. The molecule has 0 aliphatic carbocycles. The number of nitrogens with zero attached hydrogens (tertiary/aromatic N) is 1. The Kier molecular flexibility index (Phi) is 6.73. The van der Waals surface area contributed by atoms with Crippen LogP contribution in [-0.4, -0.2) is 18.1 Å². The van der Waals surface area contributed by atoms with Gasteiger partial charge in [0.15, 0.2) is 0 Å². The summed E-state index contributed by atoms with van der Waals surface area (Å²) in [5.41, 5.74) is 2.26. The average Bonchev–Trinajstić information content (AvgIpc) is 2.28. The number of rotatable bonds is 8. The van der Waals surface area contributed by atoms with Crippen molar-refractivity contribution in [1.29, 1.82) is 0 Å². The van der Waals surface area contributed by atoms with Crippen molar-refractivity contribution in [1.82, 2.24) is 10.3 Å². The van der Waals surface area contributed by atoms with Gasteiger partial charge in [0.25, 0.3) is 0 Å². The highest BCUT2D eigenvalue weighted by Gasteiger charge is 2.02. The Labute approximate surface area is 111 Å². The van der Waals surface area contributed by atoms with Crippen LogP contribution in [0.5, 0.6) is 5.88 Å². The Hall–Kier alpha value is -1.09. The molecule has 0 fully saturated rings. The van der Waals surface area contributed by atoms with E-state index >= 15 is 0 Å². The Morgan fingerprint density at radius 3 is 2.78 bits per heavy atom. The quantitative estimate of drug-likeness (QED) is 0.719. The molecule has 0 saturated carbocycles. The molecule has 0 saturated heterocycles. The molecule has 3 heteroatoms. The van der Waals surface area contributed by atoms with Crippen molar-refractivity contribution < 1.29 is 4.74 Å². The third-order valence-electron chi connectivity index (χ3n) is 2.69. The molecule has 0 radical (unpaired) electrons. The molecule has 1 aromatic heterocycles. The van der Waals surface area contributed by atoms with Gasteiger partial charge in [0, 0.05) is 18.3 Å². The van der Waals surface area contributed by atoms with E-state index < -0.39 is 0 Å². The van der Waals surface area contributed by atoms with E-state index in [0.29, 0.717) is 5.92 Å². The van der Waals surface area contributed by atoms with Gasteiger partial charge in [0.05, 0.1) is 6.61 Å². The lowest BCUT2D eigenvalue weighted by Gasteiger charge is -2.10. The zero-order chi connectivity index (χ0) is 13.4. The Morgan fingerprint density at radius 2 is 2.11 bits per heavy atom. The summed E-state index contributed by atoms with van der Waals surface area (Å²) in [7, 11) is 0. The van der Waals surface area contributed by atoms with Gasteiger partial charge in [0.1, 0.15) is 0 Å². The first-order valence-corrected chi connectivity index (χ1v) is 6.93. The zero-order valence-electron chi connectivity index (χ0n) is 12.1. The molecule has 0 spiro atoms. The second kappa shape index (κ2) is 8.09. The van der Waals surface area contributed by atoms with Crippen LogP contribution in [0.4, 0.5) is 0 Å². The van der Waals surface area contributed by atoms with Gasteiger partial charge in [0.2, 0.25) is 5.88 Å². The van der Waals surface area contributed by atoms with E-state index in [4.69, 9.17) is 4.74 Å². The molecule has 1 rings (SSSR count). The van der Waals surface area contributed by atoms with Crippen molar-refractivity contribution >= 4 is 0 Å². The maximum atomic E-state index is 5.71. The van der Waals surface area contributed by atoms with Crippen molar-refractivity contribution in [3.05, 3.63) is 23.4 Å². The summed E-state index contributed by atoms with van der Waals surface area (Å²) in [5.74, 6) is 1.42. The number of aromatic nitrogens is 1. The fourth-order valence-corrected chi connectivity index (χ4v) is 1.69. The Morgan fingerprint density at radius 1 is 1.33 bits per heavy atom. The highest BCUT2D eigenvalue weighted by Crippen LogP contribution is 2.13. The molecule has 102 valence electrons. The van der Waals surface area contributed by atoms with E-state index in [0.717, 1.165) is 44.1 Å². The topological polar surface area (TPSA) is 34.2 Å². The lowest BCUT2D eigenvalue weighted by molar-refractivity contribution is 0.278. The molecule has 0 aliphatic rings. The monoisotopic (exact) mass is 250 g/mol. The third-order valence-corrected chi connectivity index (χ3v) is 2.69. The minimum absolute atomic E-state index is 0.667. The van der Waals surface area contributed by atoms with E-state index in [9.17, 15) is 0 Å². The maximum Gasteiger partial charge on any atom is 0.213 e. The van der Waals surface area contributed by atoms with Gasteiger partial charge in [-0.1, -0.05) is 20.8 Å². The smallest absolute Gasteiger partial charge is 0.213 e. The zero-order valence-corrected chi connectivity index (χ0v) is 12.1. The van der Waals surface area contributed by atoms with E-state index in [1.54, 1.807) is 0 Å². The number of nitrogens with one attached hydrogen (secondary N) is 1. The summed E-state index contributed by atoms with van der Waals surface area (Å²) in [5, 5.41) is 3.40. The van der Waals surface area contributed by atoms with Gasteiger partial charge in [-0.3, -0.25) is 0 Å². The van der Waals surface area contributed by atoms with E-state index in [-0.39, 0.29) is 0 Å². The fourth-order valence-electron chi connectivity index (χ4n) is 1.69. The lowest BCUT2D eigenvalue weighted by atomic mass is 10.1. The van der Waals surface area contributed by atoms with E-state index in [1.165, 1.54) is 5.56 Å². The highest BCUT2D eigenvalue weighted by molar-refractivity contribution is 5.24. The van der Waals surface area contributed by atoms with Gasteiger partial charge in [-0.25, -0.2) is 4.98 Å². The molecular weight excluding hydrogens is 224 g/mol. The first kappa shape index (κ1) is 15.0. The number of aryl methyl sites for hydroxylation is 1. The SMILES string of the molecule is CCCNCc1cc(C)nc(OCCC(C)C)c1. The summed E-state index contributed by atoms with van der Waals surface area (Å²) < 4.78 is 5.71. The predicted octanol–water partition coefficient (Wildman–Crippen LogP) is 3.31. The van der Waals surface area contributed by atoms with Crippen molar-refractivity contribution in [3.63, 3.8) is 0 Å². The molecule has 0 unspecified atom stereocenters. The van der Waals surface area contributed by atoms with Gasteiger partial charge in [-0.2, -0.15) is 0 Å². The summed E-state index contributed by atoms with van der Waals surface area (Å²) in [4.78, 5) is 4.41. The molecule has 3 nitrogen and oxygen atoms in total. The van der Waals surface area contributed by atoms with Crippen LogP contribution in [0.2, 0.25) is 0 Å². The van der Waals surface area contributed by atoms with Crippen LogP contribution in [0.1, 0.15) is 44.9 Å². The van der Waals surface area contributed by atoms with Crippen molar-refractivity contribution in [3.8, 4) is 5.88 Å². The van der Waals surface area contributed by atoms with Crippen LogP contribution < -0.4 is 10.1 Å². The number of pyridine rings is 1. The molecule has 0 atom stereocenters. The van der Waals surface area contributed by atoms with Crippen LogP contribution in [0.3, 0.4) is 0 Å². The second-order valence-corrected chi connectivity index (χ2v) is 5.16. The van der Waals surface area contributed by atoms with Crippen LogP contribution in [-0.2, 0) is 6.54 Å². The molecule has 1 N–H and O–H groups in total. The van der Waals surface area contributed by atoms with Crippen LogP contribution in [0.25, 0.3) is 0 Å². The van der Waals surface area contributed by atoms with Crippen LogP contribution in [0, 0.1) is 12.8 Å². The number of ether oxygens (including phenoxy) is 1. The minimum atomic E-state index is 0.667. The maximum absolute atomic E-state index is 5.71. The standard InChI is InChI=1S/C15H26N2O/c1-5-7-16-11-14-9-13(4)17-15(10-14)18-8-6-12(2)3/h9-10,12,16H,5-8,11H2,1-4H3. The molecule has 1 aromatic rings. The molecule has 0 bridgehead atoms. The fraction of sp³-hybridized carbons (Fsp3) is 0.667. The van der Waals surface area contributed by atoms with Gasteiger partial charge in [-0.05, 0) is 43.9 Å². The summed E-state index contributed by atoms with van der Waals surface area (Å²) >= 11 is 0. The summed E-state index contributed by atoms with van der Waals surface area (Å²) in [6.45, 7) is 11.3. The molecule has 0 amide bonds. The lowest BCUT2D eigenvalue weighted by Crippen LogP contribution is -2.14. The molecule has 18 heavy (non-hydrogen) atoms. The van der Waals surface area contributed by atoms with Crippen molar-refractivity contribution in [2.75, 3.05) is 13.2 Å². The largest absolute Gasteiger partial charge is 0.478 e. The second-order valence-electron chi connectivity index (χ2n) is 5.16. The predicted molar refractivity (Wildman–Crippen MR) is 75.9 cm³/mol. The normalized spacial score (nSPS) is 10.9. The molecule has 0 aromatic carbocycles. The number of hydrogen-bond acceptors (Lipinski definition) is 3. The van der Waals surface area contributed by atoms with Gasteiger partial charge in [-0.15, -0.1) is 0 Å². The van der Waals surface area contributed by atoms with Crippen LogP contribution in [0.15, 0.2) is 12.1 Å². The van der Waals surface area contributed by atoms with Gasteiger partial charge < -0.3 is 10.1 Å². The van der Waals surface area contributed by atoms with Crippen molar-refractivity contribution in [2.45, 2.75) is 47.1 Å². The first-order valence-electron chi connectivity index (χ1n) is 6.93. The number of hydrogen-bond donors (Lipinski definition) is 1. The van der Waals surface area contributed by atoms with Gasteiger partial charge >= 0.3 is 0 Å². The average molecular weight is 250 g/mol. The summed E-state index contributed by atoms with van der Waals surface area (Å²) in [6.07, 6.45) is 2.22.